The van der Waals surface area contributed by atoms with Gasteiger partial charge in [0.15, 0.2) is 0 Å². The van der Waals surface area contributed by atoms with Crippen LogP contribution in [0.5, 0.6) is 0 Å². The first-order chi connectivity index (χ1) is 10.5. The summed E-state index contributed by atoms with van der Waals surface area (Å²) in [5, 5.41) is 9.31. The number of carbonyl (C=O) groups is 3. The van der Waals surface area contributed by atoms with Crippen molar-refractivity contribution >= 4 is 17.9 Å². The molecule has 7 nitrogen and oxygen atoms in total. The summed E-state index contributed by atoms with van der Waals surface area (Å²) in [6, 6.07) is 4.30. The average Bonchev–Trinajstić information content (AvgIpc) is 3.33. The highest BCUT2D eigenvalue weighted by atomic mass is 16.6. The number of hydrogen-bond donors (Lipinski definition) is 1. The molecule has 1 N–H and O–H groups in total. The number of benzene rings is 1. The summed E-state index contributed by atoms with van der Waals surface area (Å²) in [6.07, 6.45) is 0.850. The second kappa shape index (κ2) is 6.86. The molecular weight excluding hydrogens is 292 g/mol. The normalized spacial score (nSPS) is 15.7. The summed E-state index contributed by atoms with van der Waals surface area (Å²) < 4.78 is 14.7. The van der Waals surface area contributed by atoms with Crippen LogP contribution in [0.2, 0.25) is 0 Å². The largest absolute Gasteiger partial charge is 0.478 e. The molecule has 0 aliphatic carbocycles. The van der Waals surface area contributed by atoms with Gasteiger partial charge in [-0.15, -0.1) is 0 Å². The summed E-state index contributed by atoms with van der Waals surface area (Å²) in [4.78, 5) is 34.5. The summed E-state index contributed by atoms with van der Waals surface area (Å²) in [5.74, 6) is -2.75. The van der Waals surface area contributed by atoms with E-state index < -0.39 is 17.9 Å². The van der Waals surface area contributed by atoms with Crippen molar-refractivity contribution in [2.45, 2.75) is 12.7 Å². The second-order valence-corrected chi connectivity index (χ2v) is 4.51. The zero-order valence-corrected chi connectivity index (χ0v) is 11.6. The Labute approximate surface area is 126 Å². The van der Waals surface area contributed by atoms with Gasteiger partial charge in [0.25, 0.3) is 0 Å². The van der Waals surface area contributed by atoms with Crippen molar-refractivity contribution in [3.8, 4) is 0 Å². The van der Waals surface area contributed by atoms with Gasteiger partial charge in [0.2, 0.25) is 0 Å². The predicted molar refractivity (Wildman–Crippen MR) is 73.4 cm³/mol. The van der Waals surface area contributed by atoms with Gasteiger partial charge in [-0.05, 0) is 6.07 Å². The lowest BCUT2D eigenvalue weighted by atomic mass is 10.0. The highest BCUT2D eigenvalue weighted by Crippen LogP contribution is 2.19. The second-order valence-electron chi connectivity index (χ2n) is 4.51. The molecule has 7 heteroatoms. The van der Waals surface area contributed by atoms with Crippen LogP contribution in [-0.4, -0.2) is 42.3 Å². The number of hydrogen-bond acceptors (Lipinski definition) is 6. The van der Waals surface area contributed by atoms with E-state index in [0.717, 1.165) is 6.08 Å². The fourth-order valence-corrected chi connectivity index (χ4v) is 1.76. The topological polar surface area (TPSA) is 102 Å². The first-order valence-corrected chi connectivity index (χ1v) is 6.46. The zero-order valence-electron chi connectivity index (χ0n) is 11.6. The maximum absolute atomic E-state index is 12.0. The van der Waals surface area contributed by atoms with Gasteiger partial charge in [-0.1, -0.05) is 18.7 Å². The average molecular weight is 306 g/mol. The van der Waals surface area contributed by atoms with Crippen molar-refractivity contribution in [3.05, 3.63) is 47.5 Å². The lowest BCUT2D eigenvalue weighted by Crippen LogP contribution is -2.17. The van der Waals surface area contributed by atoms with Crippen LogP contribution in [-0.2, 0) is 25.6 Å². The van der Waals surface area contributed by atoms with Crippen LogP contribution in [0.3, 0.4) is 0 Å². The van der Waals surface area contributed by atoms with Crippen LogP contribution < -0.4 is 0 Å². The monoisotopic (exact) mass is 306 g/mol. The Bertz CT molecular complexity index is 616. The number of ether oxygens (including phenoxy) is 3. The van der Waals surface area contributed by atoms with Crippen molar-refractivity contribution in [2.24, 2.45) is 0 Å². The molecule has 1 aromatic rings. The lowest BCUT2D eigenvalue weighted by molar-refractivity contribution is -0.139. The van der Waals surface area contributed by atoms with Crippen LogP contribution >= 0.6 is 0 Å². The van der Waals surface area contributed by atoms with E-state index in [1.807, 2.05) is 0 Å². The van der Waals surface area contributed by atoms with Crippen LogP contribution in [0.4, 0.5) is 0 Å². The van der Waals surface area contributed by atoms with Crippen molar-refractivity contribution < 1.29 is 33.7 Å². The summed E-state index contributed by atoms with van der Waals surface area (Å²) in [6.45, 7) is 3.57. The maximum atomic E-state index is 12.0. The SMILES string of the molecule is C=CC(=O)OCc1cccc(C(=O)OCC2CO2)c1C(=O)O. The van der Waals surface area contributed by atoms with E-state index in [2.05, 4.69) is 6.58 Å². The van der Waals surface area contributed by atoms with Crippen LogP contribution in [0, 0.1) is 0 Å². The molecule has 1 aliphatic rings. The Morgan fingerprint density at radius 3 is 2.68 bits per heavy atom. The van der Waals surface area contributed by atoms with E-state index >= 15 is 0 Å². The molecule has 0 bridgehead atoms. The van der Waals surface area contributed by atoms with E-state index in [4.69, 9.17) is 14.2 Å². The standard InChI is InChI=1S/C15H14O7/c1-2-12(16)21-6-9-4-3-5-11(13(9)14(17)18)15(19)22-8-10-7-20-10/h2-5,10H,1,6-8H2,(H,17,18). The van der Waals surface area contributed by atoms with Gasteiger partial charge in [-0.3, -0.25) is 0 Å². The predicted octanol–water partition coefficient (Wildman–Crippen LogP) is 1.17. The summed E-state index contributed by atoms with van der Waals surface area (Å²) >= 11 is 0. The third-order valence-electron chi connectivity index (χ3n) is 2.92. The van der Waals surface area contributed by atoms with E-state index in [0.29, 0.717) is 6.61 Å². The molecule has 0 saturated carbocycles. The zero-order chi connectivity index (χ0) is 16.1. The molecule has 1 unspecified atom stereocenters. The number of aromatic carboxylic acids is 1. The van der Waals surface area contributed by atoms with Gasteiger partial charge >= 0.3 is 17.9 Å². The Morgan fingerprint density at radius 1 is 1.36 bits per heavy atom. The van der Waals surface area contributed by atoms with Crippen LogP contribution in [0.25, 0.3) is 0 Å². The maximum Gasteiger partial charge on any atom is 0.339 e. The Hall–Kier alpha value is -2.67. The Balaban J connectivity index is 2.20. The highest BCUT2D eigenvalue weighted by Gasteiger charge is 2.27. The molecule has 0 radical (unpaired) electrons. The molecule has 2 rings (SSSR count). The molecule has 1 atom stereocenters. The van der Waals surface area contributed by atoms with E-state index in [1.165, 1.54) is 18.2 Å². The molecule has 22 heavy (non-hydrogen) atoms. The molecule has 1 fully saturated rings. The number of carboxylic acid groups (broad SMARTS) is 1. The molecule has 1 saturated heterocycles. The van der Waals surface area contributed by atoms with Crippen LogP contribution in [0.1, 0.15) is 26.3 Å². The molecule has 1 aromatic carbocycles. The number of rotatable bonds is 7. The minimum atomic E-state index is -1.31. The van der Waals surface area contributed by atoms with Gasteiger partial charge in [0, 0.05) is 11.6 Å². The van der Waals surface area contributed by atoms with Gasteiger partial charge in [0.1, 0.15) is 19.3 Å². The van der Waals surface area contributed by atoms with Crippen molar-refractivity contribution in [1.82, 2.24) is 0 Å². The smallest absolute Gasteiger partial charge is 0.339 e. The number of epoxide rings is 1. The fourth-order valence-electron chi connectivity index (χ4n) is 1.76. The fraction of sp³-hybridized carbons (Fsp3) is 0.267. The molecule has 116 valence electrons. The number of esters is 2. The first-order valence-electron chi connectivity index (χ1n) is 6.46. The van der Waals surface area contributed by atoms with E-state index in [-0.39, 0.29) is 36.0 Å². The first kappa shape index (κ1) is 15.7. The Morgan fingerprint density at radius 2 is 2.09 bits per heavy atom. The van der Waals surface area contributed by atoms with E-state index in [9.17, 15) is 19.5 Å². The lowest BCUT2D eigenvalue weighted by Gasteiger charge is -2.11. The van der Waals surface area contributed by atoms with Gasteiger partial charge in [-0.25, -0.2) is 14.4 Å². The molecule has 0 spiro atoms. The summed E-state index contributed by atoms with van der Waals surface area (Å²) in [7, 11) is 0. The molecular formula is C15H14O7. The van der Waals surface area contributed by atoms with E-state index in [1.54, 1.807) is 0 Å². The van der Waals surface area contributed by atoms with Gasteiger partial charge in [0.05, 0.1) is 17.7 Å². The summed E-state index contributed by atoms with van der Waals surface area (Å²) in [5.41, 5.74) is -0.152. The van der Waals surface area contributed by atoms with Gasteiger partial charge < -0.3 is 19.3 Å². The highest BCUT2D eigenvalue weighted by molar-refractivity contribution is 6.03. The quantitative estimate of drug-likeness (QED) is 0.458. The number of carbonyl (C=O) groups excluding carboxylic acids is 2. The van der Waals surface area contributed by atoms with Crippen molar-refractivity contribution in [1.29, 1.82) is 0 Å². The molecule has 1 aliphatic heterocycles. The third-order valence-corrected chi connectivity index (χ3v) is 2.92. The van der Waals surface area contributed by atoms with Crippen molar-refractivity contribution in [3.63, 3.8) is 0 Å². The number of carboxylic acids is 1. The van der Waals surface area contributed by atoms with Gasteiger partial charge in [-0.2, -0.15) is 0 Å². The Kier molecular flexibility index (Phi) is 4.90. The molecule has 0 aromatic heterocycles. The minimum absolute atomic E-state index is 0.0770. The molecule has 1 heterocycles. The molecule has 0 amide bonds. The van der Waals surface area contributed by atoms with Crippen molar-refractivity contribution in [2.75, 3.05) is 13.2 Å². The van der Waals surface area contributed by atoms with Crippen LogP contribution in [0.15, 0.2) is 30.9 Å². The minimum Gasteiger partial charge on any atom is -0.478 e. The third kappa shape index (κ3) is 3.92.